The second-order valence-electron chi connectivity index (χ2n) is 5.88. The fourth-order valence-electron chi connectivity index (χ4n) is 2.44. The smallest absolute Gasteiger partial charge is 0.254 e. The number of hydrogen-bond donors (Lipinski definition) is 1. The lowest BCUT2D eigenvalue weighted by Crippen LogP contribution is -2.35. The predicted molar refractivity (Wildman–Crippen MR) is 90.5 cm³/mol. The molecule has 0 bridgehead atoms. The first-order chi connectivity index (χ1) is 11.0. The van der Waals surface area contributed by atoms with Crippen molar-refractivity contribution in [2.75, 3.05) is 11.9 Å². The maximum Gasteiger partial charge on any atom is 0.254 e. The molecule has 23 heavy (non-hydrogen) atoms. The zero-order chi connectivity index (χ0) is 16.4. The van der Waals surface area contributed by atoms with Crippen LogP contribution < -0.4 is 5.32 Å². The highest BCUT2D eigenvalue weighted by Gasteiger charge is 2.25. The van der Waals surface area contributed by atoms with Crippen molar-refractivity contribution >= 4 is 28.3 Å². The Kier molecular flexibility index (Phi) is 4.43. The van der Waals surface area contributed by atoms with Crippen molar-refractivity contribution < 1.29 is 9.59 Å². The summed E-state index contributed by atoms with van der Waals surface area (Å²) in [5, 5.41) is 3.47. The number of rotatable bonds is 3. The minimum Gasteiger partial charge on any atom is -0.333 e. The molecule has 3 rings (SSSR count). The van der Waals surface area contributed by atoms with E-state index < -0.39 is 0 Å². The number of amides is 2. The Morgan fingerprint density at radius 1 is 1.26 bits per heavy atom. The van der Waals surface area contributed by atoms with E-state index in [2.05, 4.69) is 10.3 Å². The molecule has 2 heterocycles. The molecule has 1 N–H and O–H groups in total. The molecular weight excluding hydrogens is 310 g/mol. The molecular formula is C17H19N3O2S. The third kappa shape index (κ3) is 3.42. The molecule has 6 heteroatoms. The Morgan fingerprint density at radius 3 is 2.70 bits per heavy atom. The fourth-order valence-corrected chi connectivity index (χ4v) is 3.46. The summed E-state index contributed by atoms with van der Waals surface area (Å²) < 4.78 is 0. The topological polar surface area (TPSA) is 62.3 Å². The molecule has 1 aromatic carbocycles. The summed E-state index contributed by atoms with van der Waals surface area (Å²) in [4.78, 5) is 31.7. The van der Waals surface area contributed by atoms with E-state index in [1.165, 1.54) is 11.3 Å². The van der Waals surface area contributed by atoms with Gasteiger partial charge in [0, 0.05) is 29.3 Å². The standard InChI is InChI=1S/C17H19N3O2S/c1-11(2)15(21)19-17-18-13-8-9-20(10-14(13)23-17)16(22)12-6-4-3-5-7-12/h3-7,11H,8-10H2,1-2H3,(H,18,19,21). The monoisotopic (exact) mass is 329 g/mol. The van der Waals surface area contributed by atoms with Gasteiger partial charge in [0.05, 0.1) is 12.2 Å². The number of thiazole rings is 1. The molecule has 120 valence electrons. The minimum atomic E-state index is -0.0768. The highest BCUT2D eigenvalue weighted by atomic mass is 32.1. The summed E-state index contributed by atoms with van der Waals surface area (Å²) in [7, 11) is 0. The maximum atomic E-state index is 12.5. The van der Waals surface area contributed by atoms with Crippen molar-refractivity contribution in [3.63, 3.8) is 0 Å². The van der Waals surface area contributed by atoms with E-state index in [4.69, 9.17) is 0 Å². The molecule has 5 nitrogen and oxygen atoms in total. The largest absolute Gasteiger partial charge is 0.333 e. The van der Waals surface area contributed by atoms with Gasteiger partial charge < -0.3 is 10.2 Å². The second-order valence-corrected chi connectivity index (χ2v) is 6.96. The Morgan fingerprint density at radius 2 is 2.00 bits per heavy atom. The van der Waals surface area contributed by atoms with Crippen LogP contribution in [0.4, 0.5) is 5.13 Å². The van der Waals surface area contributed by atoms with Gasteiger partial charge in [-0.05, 0) is 12.1 Å². The first-order valence-electron chi connectivity index (χ1n) is 7.68. The van der Waals surface area contributed by atoms with Gasteiger partial charge in [0.25, 0.3) is 5.91 Å². The maximum absolute atomic E-state index is 12.5. The first kappa shape index (κ1) is 15.7. The molecule has 0 radical (unpaired) electrons. The number of carbonyl (C=O) groups is 2. The van der Waals surface area contributed by atoms with Crippen LogP contribution in [0.5, 0.6) is 0 Å². The van der Waals surface area contributed by atoms with Gasteiger partial charge in [-0.25, -0.2) is 4.98 Å². The van der Waals surface area contributed by atoms with Crippen molar-refractivity contribution in [3.05, 3.63) is 46.5 Å². The van der Waals surface area contributed by atoms with Crippen LogP contribution in [-0.2, 0) is 17.8 Å². The van der Waals surface area contributed by atoms with Crippen molar-refractivity contribution in [2.45, 2.75) is 26.8 Å². The third-order valence-corrected chi connectivity index (χ3v) is 4.79. The number of hydrogen-bond acceptors (Lipinski definition) is 4. The van der Waals surface area contributed by atoms with E-state index in [1.54, 1.807) is 0 Å². The Bertz CT molecular complexity index is 725. The predicted octanol–water partition coefficient (Wildman–Crippen LogP) is 2.94. The second kappa shape index (κ2) is 6.50. The summed E-state index contributed by atoms with van der Waals surface area (Å²) in [6.07, 6.45) is 0.724. The lowest BCUT2D eigenvalue weighted by molar-refractivity contribution is -0.118. The summed E-state index contributed by atoms with van der Waals surface area (Å²) in [6.45, 7) is 4.91. The SMILES string of the molecule is CC(C)C(=O)Nc1nc2c(s1)CN(C(=O)c1ccccc1)CC2. The average molecular weight is 329 g/mol. The average Bonchev–Trinajstić information content (AvgIpc) is 2.96. The molecule has 0 saturated heterocycles. The number of nitrogens with zero attached hydrogens (tertiary/aromatic N) is 2. The van der Waals surface area contributed by atoms with E-state index >= 15 is 0 Å². The lowest BCUT2D eigenvalue weighted by atomic mass is 10.1. The fraction of sp³-hybridized carbons (Fsp3) is 0.353. The van der Waals surface area contributed by atoms with Crippen LogP contribution in [0.1, 0.15) is 34.8 Å². The Balaban J connectivity index is 1.72. The van der Waals surface area contributed by atoms with E-state index in [-0.39, 0.29) is 17.7 Å². The number of nitrogens with one attached hydrogen (secondary N) is 1. The molecule has 0 atom stereocenters. The molecule has 1 aliphatic heterocycles. The summed E-state index contributed by atoms with van der Waals surface area (Å²) in [6, 6.07) is 9.30. The van der Waals surface area contributed by atoms with Crippen molar-refractivity contribution in [2.24, 2.45) is 5.92 Å². The zero-order valence-electron chi connectivity index (χ0n) is 13.2. The highest BCUT2D eigenvalue weighted by molar-refractivity contribution is 7.15. The molecule has 2 aromatic rings. The number of carbonyl (C=O) groups excluding carboxylic acids is 2. The van der Waals surface area contributed by atoms with Crippen molar-refractivity contribution in [1.29, 1.82) is 0 Å². The molecule has 1 aromatic heterocycles. The van der Waals surface area contributed by atoms with Gasteiger partial charge in [-0.15, -0.1) is 0 Å². The van der Waals surface area contributed by atoms with Crippen LogP contribution >= 0.6 is 11.3 Å². The molecule has 1 aliphatic rings. The van der Waals surface area contributed by atoms with Gasteiger partial charge in [0.1, 0.15) is 0 Å². The van der Waals surface area contributed by atoms with Gasteiger partial charge in [-0.2, -0.15) is 0 Å². The van der Waals surface area contributed by atoms with Crippen LogP contribution in [0, 0.1) is 5.92 Å². The molecule has 0 spiro atoms. The van der Waals surface area contributed by atoms with E-state index in [9.17, 15) is 9.59 Å². The van der Waals surface area contributed by atoms with Crippen LogP contribution in [0.25, 0.3) is 0 Å². The van der Waals surface area contributed by atoms with Gasteiger partial charge in [-0.1, -0.05) is 43.4 Å². The molecule has 0 unspecified atom stereocenters. The van der Waals surface area contributed by atoms with Gasteiger partial charge in [-0.3, -0.25) is 9.59 Å². The summed E-state index contributed by atoms with van der Waals surface area (Å²) in [5.41, 5.74) is 1.69. The highest BCUT2D eigenvalue weighted by Crippen LogP contribution is 2.29. The minimum absolute atomic E-state index is 0.0340. The van der Waals surface area contributed by atoms with Crippen molar-refractivity contribution in [3.8, 4) is 0 Å². The van der Waals surface area contributed by atoms with E-state index in [0.29, 0.717) is 23.8 Å². The lowest BCUT2D eigenvalue weighted by Gasteiger charge is -2.26. The van der Waals surface area contributed by atoms with E-state index in [0.717, 1.165) is 17.0 Å². The zero-order valence-corrected chi connectivity index (χ0v) is 14.0. The number of aromatic nitrogens is 1. The Labute approximate surface area is 139 Å². The Hall–Kier alpha value is -2.21. The van der Waals surface area contributed by atoms with Crippen LogP contribution in [0.3, 0.4) is 0 Å². The van der Waals surface area contributed by atoms with E-state index in [1.807, 2.05) is 49.1 Å². The van der Waals surface area contributed by atoms with Gasteiger partial charge in [0.15, 0.2) is 5.13 Å². The normalized spacial score (nSPS) is 13.8. The molecule has 0 aliphatic carbocycles. The van der Waals surface area contributed by atoms with Gasteiger partial charge in [0.2, 0.25) is 5.91 Å². The van der Waals surface area contributed by atoms with Crippen molar-refractivity contribution in [1.82, 2.24) is 9.88 Å². The molecule has 2 amide bonds. The first-order valence-corrected chi connectivity index (χ1v) is 8.50. The molecule has 0 saturated carbocycles. The third-order valence-electron chi connectivity index (χ3n) is 3.79. The number of fused-ring (bicyclic) bond motifs is 1. The van der Waals surface area contributed by atoms with Crippen LogP contribution in [0.15, 0.2) is 30.3 Å². The molecule has 0 fully saturated rings. The van der Waals surface area contributed by atoms with Crippen LogP contribution in [0.2, 0.25) is 0 Å². The number of anilines is 1. The quantitative estimate of drug-likeness (QED) is 0.942. The van der Waals surface area contributed by atoms with Crippen LogP contribution in [-0.4, -0.2) is 28.2 Å². The van der Waals surface area contributed by atoms with Gasteiger partial charge >= 0.3 is 0 Å². The summed E-state index contributed by atoms with van der Waals surface area (Å²) >= 11 is 1.46. The number of benzene rings is 1. The summed E-state index contributed by atoms with van der Waals surface area (Å²) in [5.74, 6) is -0.0715.